The highest BCUT2D eigenvalue weighted by Crippen LogP contribution is 2.45. The molecule has 3 fully saturated rings. The molecule has 0 unspecified atom stereocenters. The van der Waals surface area contributed by atoms with Crippen LogP contribution < -0.4 is 0 Å². The van der Waals surface area contributed by atoms with Crippen LogP contribution in [0.25, 0.3) is 0 Å². The van der Waals surface area contributed by atoms with Crippen LogP contribution in [0.3, 0.4) is 0 Å². The number of carbonyl (C=O) groups is 1. The van der Waals surface area contributed by atoms with E-state index in [1.165, 1.54) is 19.3 Å². The number of rotatable bonds is 2. The quantitative estimate of drug-likeness (QED) is 0.753. The van der Waals surface area contributed by atoms with Crippen LogP contribution in [-0.2, 0) is 14.3 Å². The normalized spacial score (nSPS) is 37.8. The van der Waals surface area contributed by atoms with E-state index in [0.717, 1.165) is 43.9 Å². The zero-order chi connectivity index (χ0) is 15.5. The lowest BCUT2D eigenvalue weighted by molar-refractivity contribution is -0.169. The molecule has 0 radical (unpaired) electrons. The Kier molecular flexibility index (Phi) is 5.84. The van der Waals surface area contributed by atoms with Gasteiger partial charge in [-0.2, -0.15) is 0 Å². The molecule has 3 heteroatoms. The van der Waals surface area contributed by atoms with Gasteiger partial charge < -0.3 is 9.47 Å². The van der Waals surface area contributed by atoms with Crippen LogP contribution in [0.1, 0.15) is 79.1 Å². The van der Waals surface area contributed by atoms with Gasteiger partial charge in [0, 0.05) is 25.7 Å². The van der Waals surface area contributed by atoms with Gasteiger partial charge in [0.15, 0.2) is 5.79 Å². The van der Waals surface area contributed by atoms with Crippen LogP contribution in [0.2, 0.25) is 0 Å². The summed E-state index contributed by atoms with van der Waals surface area (Å²) >= 11 is 0. The highest BCUT2D eigenvalue weighted by molar-refractivity contribution is 5.80. The van der Waals surface area contributed by atoms with Crippen molar-refractivity contribution in [2.45, 2.75) is 97.1 Å². The molecule has 3 nitrogen and oxygen atoms in total. The maximum atomic E-state index is 10.6. The van der Waals surface area contributed by atoms with Crippen molar-refractivity contribution in [2.24, 2.45) is 11.8 Å². The van der Waals surface area contributed by atoms with Gasteiger partial charge in [-0.05, 0) is 38.5 Å². The molecule has 2 saturated carbocycles. The smallest absolute Gasteiger partial charge is 0.169 e. The maximum absolute atomic E-state index is 10.6. The van der Waals surface area contributed by atoms with Crippen molar-refractivity contribution in [1.82, 2.24) is 0 Å². The third-order valence-electron chi connectivity index (χ3n) is 5.50. The van der Waals surface area contributed by atoms with Crippen molar-refractivity contribution >= 4 is 5.78 Å². The number of ether oxygens (including phenoxy) is 2. The fourth-order valence-electron chi connectivity index (χ4n) is 3.77. The van der Waals surface area contributed by atoms with Crippen molar-refractivity contribution < 1.29 is 14.3 Å². The lowest BCUT2D eigenvalue weighted by Gasteiger charge is -2.22. The fourth-order valence-corrected chi connectivity index (χ4v) is 3.77. The molecule has 4 atom stereocenters. The van der Waals surface area contributed by atoms with Crippen LogP contribution in [0, 0.1) is 11.8 Å². The Hall–Kier alpha value is -0.410. The van der Waals surface area contributed by atoms with E-state index in [-0.39, 0.29) is 18.0 Å². The number of carbonyl (C=O) groups excluding carboxylic acids is 1. The van der Waals surface area contributed by atoms with Crippen molar-refractivity contribution in [1.29, 1.82) is 0 Å². The van der Waals surface area contributed by atoms with Crippen molar-refractivity contribution in [2.75, 3.05) is 0 Å². The van der Waals surface area contributed by atoms with Crippen LogP contribution in [-0.4, -0.2) is 23.8 Å². The minimum atomic E-state index is -0.195. The molecule has 3 aliphatic rings. The first-order valence-electron chi connectivity index (χ1n) is 8.85. The van der Waals surface area contributed by atoms with Crippen LogP contribution >= 0.6 is 0 Å². The van der Waals surface area contributed by atoms with Crippen LogP contribution in [0.4, 0.5) is 0 Å². The monoisotopic (exact) mass is 296 g/mol. The summed E-state index contributed by atoms with van der Waals surface area (Å²) in [5.41, 5.74) is 0. The van der Waals surface area contributed by atoms with E-state index in [2.05, 4.69) is 27.7 Å². The molecule has 1 saturated heterocycles. The SMILES string of the molecule is CC[C@@H]1CCC(=O)C1.CC[C@@H]1CCC2(C1)O[C@H](C)[C@@H](C)O2. The van der Waals surface area contributed by atoms with Gasteiger partial charge in [0.1, 0.15) is 5.78 Å². The molecule has 1 spiro atoms. The molecule has 0 aromatic heterocycles. The average Bonchev–Trinajstić information content (AvgIpc) is 3.12. The van der Waals surface area contributed by atoms with Crippen LogP contribution in [0.5, 0.6) is 0 Å². The Labute approximate surface area is 129 Å². The summed E-state index contributed by atoms with van der Waals surface area (Å²) in [5, 5.41) is 0. The van der Waals surface area contributed by atoms with Gasteiger partial charge in [-0.1, -0.05) is 26.7 Å². The molecule has 0 N–H and O–H groups in total. The summed E-state index contributed by atoms with van der Waals surface area (Å²) < 4.78 is 11.9. The van der Waals surface area contributed by atoms with E-state index < -0.39 is 0 Å². The second-order valence-electron chi connectivity index (χ2n) is 7.13. The molecule has 2 aliphatic carbocycles. The van der Waals surface area contributed by atoms with Crippen molar-refractivity contribution in [3.8, 4) is 0 Å². The molecule has 122 valence electrons. The Morgan fingerprint density at radius 2 is 1.67 bits per heavy atom. The first-order valence-corrected chi connectivity index (χ1v) is 8.85. The van der Waals surface area contributed by atoms with Gasteiger partial charge in [-0.15, -0.1) is 0 Å². The zero-order valence-electron chi connectivity index (χ0n) is 14.2. The standard InChI is InChI=1S/C11H20O2.C7H12O/c1-4-10-5-6-11(7-10)12-8(2)9(3)13-11;1-2-6-3-4-7(8)5-6/h8-10H,4-7H2,1-3H3;6H,2-5H2,1H3/t8-,9-,10-;6-/m11/s1. The summed E-state index contributed by atoms with van der Waals surface area (Å²) in [5.74, 6) is 1.82. The number of Topliss-reactive ketones (excluding diaryl/α,β-unsaturated/α-hetero) is 1. The van der Waals surface area contributed by atoms with E-state index >= 15 is 0 Å². The van der Waals surface area contributed by atoms with E-state index in [0.29, 0.717) is 5.78 Å². The van der Waals surface area contributed by atoms with Gasteiger partial charge in [-0.3, -0.25) is 4.79 Å². The highest BCUT2D eigenvalue weighted by atomic mass is 16.8. The first-order chi connectivity index (χ1) is 9.98. The first kappa shape index (κ1) is 17.0. The van der Waals surface area contributed by atoms with Gasteiger partial charge in [0.25, 0.3) is 0 Å². The third-order valence-corrected chi connectivity index (χ3v) is 5.50. The Balaban J connectivity index is 0.000000173. The third kappa shape index (κ3) is 4.29. The molecular weight excluding hydrogens is 264 g/mol. The predicted octanol–water partition coefficient (Wildman–Crippen LogP) is 4.48. The molecule has 3 rings (SSSR count). The summed E-state index contributed by atoms with van der Waals surface area (Å²) in [6.45, 7) is 8.63. The van der Waals surface area contributed by atoms with Gasteiger partial charge >= 0.3 is 0 Å². The number of ketones is 1. The summed E-state index contributed by atoms with van der Waals surface area (Å²) in [6, 6.07) is 0. The molecule has 1 heterocycles. The topological polar surface area (TPSA) is 35.5 Å². The van der Waals surface area contributed by atoms with Crippen LogP contribution in [0.15, 0.2) is 0 Å². The molecular formula is C18H32O3. The van der Waals surface area contributed by atoms with Gasteiger partial charge in [0.2, 0.25) is 0 Å². The molecule has 0 aromatic rings. The molecule has 0 bridgehead atoms. The Morgan fingerprint density at radius 3 is 2.05 bits per heavy atom. The number of hydrogen-bond acceptors (Lipinski definition) is 3. The fraction of sp³-hybridized carbons (Fsp3) is 0.944. The summed E-state index contributed by atoms with van der Waals surface area (Å²) in [6.07, 6.45) is 9.33. The van der Waals surface area contributed by atoms with E-state index in [1.807, 2.05) is 0 Å². The average molecular weight is 296 g/mol. The van der Waals surface area contributed by atoms with E-state index in [1.54, 1.807) is 0 Å². The van der Waals surface area contributed by atoms with Gasteiger partial charge in [-0.25, -0.2) is 0 Å². The minimum Gasteiger partial charge on any atom is -0.344 e. The second kappa shape index (κ2) is 7.23. The largest absolute Gasteiger partial charge is 0.344 e. The maximum Gasteiger partial charge on any atom is 0.169 e. The minimum absolute atomic E-state index is 0.195. The summed E-state index contributed by atoms with van der Waals surface area (Å²) in [7, 11) is 0. The molecule has 21 heavy (non-hydrogen) atoms. The van der Waals surface area contributed by atoms with E-state index in [4.69, 9.17) is 9.47 Å². The number of hydrogen-bond donors (Lipinski definition) is 0. The molecule has 0 aromatic carbocycles. The molecule has 1 aliphatic heterocycles. The lowest BCUT2D eigenvalue weighted by Crippen LogP contribution is -2.27. The Bertz CT molecular complexity index is 342. The van der Waals surface area contributed by atoms with Crippen molar-refractivity contribution in [3.05, 3.63) is 0 Å². The zero-order valence-corrected chi connectivity index (χ0v) is 14.2. The summed E-state index contributed by atoms with van der Waals surface area (Å²) in [4.78, 5) is 10.6. The van der Waals surface area contributed by atoms with E-state index in [9.17, 15) is 4.79 Å². The second-order valence-corrected chi connectivity index (χ2v) is 7.13. The highest BCUT2D eigenvalue weighted by Gasteiger charge is 2.48. The lowest BCUT2D eigenvalue weighted by atomic mass is 10.1. The van der Waals surface area contributed by atoms with Gasteiger partial charge in [0.05, 0.1) is 12.2 Å². The Morgan fingerprint density at radius 1 is 1.05 bits per heavy atom. The van der Waals surface area contributed by atoms with Crippen molar-refractivity contribution in [3.63, 3.8) is 0 Å². The molecule has 0 amide bonds. The predicted molar refractivity (Wildman–Crippen MR) is 84.1 cm³/mol.